The van der Waals surface area contributed by atoms with Gasteiger partial charge in [0, 0.05) is 10.4 Å². The van der Waals surface area contributed by atoms with Crippen LogP contribution < -0.4 is 0 Å². The molecule has 0 N–H and O–H groups in total. The minimum atomic E-state index is -0.408. The van der Waals surface area contributed by atoms with Gasteiger partial charge in [0.15, 0.2) is 0 Å². The van der Waals surface area contributed by atoms with Crippen molar-refractivity contribution in [1.82, 2.24) is 0 Å². The molecule has 0 saturated heterocycles. The number of halogens is 2. The van der Waals surface area contributed by atoms with Crippen LogP contribution in [0.2, 0.25) is 10.0 Å². The van der Waals surface area contributed by atoms with E-state index < -0.39 is 6.04 Å². The second-order valence-electron chi connectivity index (χ2n) is 4.63. The van der Waals surface area contributed by atoms with E-state index in [1.165, 1.54) is 0 Å². The van der Waals surface area contributed by atoms with Gasteiger partial charge in [-0.25, -0.2) is 0 Å². The zero-order valence-corrected chi connectivity index (χ0v) is 12.5. The highest BCUT2D eigenvalue weighted by atomic mass is 35.5. The second-order valence-corrected chi connectivity index (χ2v) is 5.44. The molecule has 0 amide bonds. The second kappa shape index (κ2) is 5.12. The van der Waals surface area contributed by atoms with Gasteiger partial charge in [0.05, 0.1) is 11.9 Å². The summed E-state index contributed by atoms with van der Waals surface area (Å²) in [5.74, 6) is 0. The van der Waals surface area contributed by atoms with Crippen molar-refractivity contribution >= 4 is 34.0 Å². The molecule has 0 nitrogen and oxygen atoms in total. The SMILES string of the molecule is [2H]c1c([2H])c([2H])c(-c2c(C)c(C)c(Cl)c3cc(Cl)ccc23)c([2H])c1[2H]. The van der Waals surface area contributed by atoms with E-state index >= 15 is 0 Å². The number of hydrogen-bond donors (Lipinski definition) is 0. The maximum Gasteiger partial charge on any atom is 0.0629 e. The number of benzene rings is 3. The number of fused-ring (bicyclic) bond motifs is 1. The first-order valence-corrected chi connectivity index (χ1v) is 6.87. The lowest BCUT2D eigenvalue weighted by Gasteiger charge is -2.16. The molecule has 0 spiro atoms. The topological polar surface area (TPSA) is 0 Å². The lowest BCUT2D eigenvalue weighted by molar-refractivity contribution is 1.36. The van der Waals surface area contributed by atoms with Crippen LogP contribution >= 0.6 is 23.2 Å². The van der Waals surface area contributed by atoms with Crippen molar-refractivity contribution < 1.29 is 6.85 Å². The van der Waals surface area contributed by atoms with Crippen LogP contribution in [0.1, 0.15) is 18.0 Å². The molecule has 0 aromatic heterocycles. The molecule has 0 fully saturated rings. The lowest BCUT2D eigenvalue weighted by Crippen LogP contribution is -1.92. The average molecular weight is 306 g/mol. The molecule has 0 bridgehead atoms. The third-order valence-corrected chi connectivity index (χ3v) is 4.23. The van der Waals surface area contributed by atoms with E-state index in [2.05, 4.69) is 0 Å². The fourth-order valence-corrected chi connectivity index (χ4v) is 2.84. The molecule has 3 aromatic carbocycles. The molecule has 0 heterocycles. The van der Waals surface area contributed by atoms with Crippen LogP contribution in [0.5, 0.6) is 0 Å². The van der Waals surface area contributed by atoms with Gasteiger partial charge in [0.1, 0.15) is 0 Å². The molecular formula is C18H14Cl2. The molecule has 0 radical (unpaired) electrons. The van der Waals surface area contributed by atoms with Gasteiger partial charge in [-0.05, 0) is 53.6 Å². The molecule has 3 aromatic rings. The van der Waals surface area contributed by atoms with E-state index in [1.54, 1.807) is 18.2 Å². The van der Waals surface area contributed by atoms with Gasteiger partial charge in [-0.2, -0.15) is 0 Å². The van der Waals surface area contributed by atoms with Gasteiger partial charge >= 0.3 is 0 Å². The van der Waals surface area contributed by atoms with Gasteiger partial charge in [-0.15, -0.1) is 0 Å². The molecule has 0 aliphatic rings. The predicted molar refractivity (Wildman–Crippen MR) is 88.9 cm³/mol. The van der Waals surface area contributed by atoms with Crippen LogP contribution in [0.15, 0.2) is 48.4 Å². The standard InChI is InChI=1S/C18H14Cl2/c1-11-12(2)18(20)16-10-14(19)8-9-15(16)17(11)13-6-4-3-5-7-13/h3-10H,1-2H3/i3D,4D,5D,6D,7D. The zero-order chi connectivity index (χ0) is 18.6. The first-order chi connectivity index (χ1) is 11.7. The summed E-state index contributed by atoms with van der Waals surface area (Å²) >= 11 is 12.6. The Hall–Kier alpha value is -1.50. The van der Waals surface area contributed by atoms with E-state index in [9.17, 15) is 0 Å². The first-order valence-electron chi connectivity index (χ1n) is 8.62. The summed E-state index contributed by atoms with van der Waals surface area (Å²) in [6.07, 6.45) is 0. The largest absolute Gasteiger partial charge is 0.0843 e. The summed E-state index contributed by atoms with van der Waals surface area (Å²) in [5, 5.41) is 2.46. The fourth-order valence-electron chi connectivity index (χ4n) is 2.37. The predicted octanol–water partition coefficient (Wildman–Crippen LogP) is 6.43. The molecule has 3 rings (SSSR count). The van der Waals surface area contributed by atoms with Crippen LogP contribution in [0.25, 0.3) is 21.9 Å². The minimum Gasteiger partial charge on any atom is -0.0843 e. The molecule has 0 unspecified atom stereocenters. The van der Waals surface area contributed by atoms with Crippen molar-refractivity contribution in [2.45, 2.75) is 13.8 Å². The summed E-state index contributed by atoms with van der Waals surface area (Å²) in [6.45, 7) is 3.68. The van der Waals surface area contributed by atoms with Crippen LogP contribution in [0.4, 0.5) is 0 Å². The van der Waals surface area contributed by atoms with E-state index in [1.807, 2.05) is 13.8 Å². The van der Waals surface area contributed by atoms with Crippen molar-refractivity contribution in [1.29, 1.82) is 0 Å². The normalized spacial score (nSPS) is 14.5. The molecule has 0 saturated carbocycles. The fraction of sp³-hybridized carbons (Fsp3) is 0.111. The molecule has 0 aliphatic carbocycles. The van der Waals surface area contributed by atoms with E-state index in [0.717, 1.165) is 11.1 Å². The number of rotatable bonds is 1. The van der Waals surface area contributed by atoms with Crippen molar-refractivity contribution in [3.8, 4) is 11.1 Å². The molecule has 20 heavy (non-hydrogen) atoms. The smallest absolute Gasteiger partial charge is 0.0629 e. The number of hydrogen-bond acceptors (Lipinski definition) is 0. The summed E-state index contributed by atoms with van der Waals surface area (Å²) in [7, 11) is 0. The van der Waals surface area contributed by atoms with E-state index in [0.29, 0.717) is 26.4 Å². The Bertz CT molecular complexity index is 1020. The lowest BCUT2D eigenvalue weighted by atomic mass is 9.91. The Kier molecular flexibility index (Phi) is 2.23. The van der Waals surface area contributed by atoms with E-state index in [4.69, 9.17) is 30.1 Å². The van der Waals surface area contributed by atoms with Crippen LogP contribution in [0.3, 0.4) is 0 Å². The highest BCUT2D eigenvalue weighted by Crippen LogP contribution is 2.39. The van der Waals surface area contributed by atoms with Crippen LogP contribution in [0, 0.1) is 13.8 Å². The molecule has 0 aliphatic heterocycles. The highest BCUT2D eigenvalue weighted by Gasteiger charge is 2.14. The monoisotopic (exact) mass is 305 g/mol. The van der Waals surface area contributed by atoms with Gasteiger partial charge in [-0.1, -0.05) is 59.5 Å². The Morgan fingerprint density at radius 3 is 2.30 bits per heavy atom. The quantitative estimate of drug-likeness (QED) is 0.486. The third-order valence-electron chi connectivity index (χ3n) is 3.50. The Balaban J connectivity index is 2.59. The minimum absolute atomic E-state index is 0.176. The van der Waals surface area contributed by atoms with Crippen LogP contribution in [-0.2, 0) is 0 Å². The molecule has 0 atom stereocenters. The van der Waals surface area contributed by atoms with Gasteiger partial charge in [0.2, 0.25) is 0 Å². The highest BCUT2D eigenvalue weighted by molar-refractivity contribution is 6.38. The van der Waals surface area contributed by atoms with Gasteiger partial charge < -0.3 is 0 Å². The van der Waals surface area contributed by atoms with Crippen molar-refractivity contribution in [3.05, 3.63) is 69.6 Å². The van der Waals surface area contributed by atoms with Crippen molar-refractivity contribution in [2.75, 3.05) is 0 Å². The van der Waals surface area contributed by atoms with Crippen LogP contribution in [-0.4, -0.2) is 0 Å². The summed E-state index contributed by atoms with van der Waals surface area (Å²) in [4.78, 5) is 0. The van der Waals surface area contributed by atoms with Gasteiger partial charge in [0.25, 0.3) is 0 Å². The zero-order valence-electron chi connectivity index (χ0n) is 16.0. The van der Waals surface area contributed by atoms with Gasteiger partial charge in [-0.3, -0.25) is 0 Å². The van der Waals surface area contributed by atoms with E-state index in [-0.39, 0.29) is 29.7 Å². The van der Waals surface area contributed by atoms with Crippen molar-refractivity contribution in [3.63, 3.8) is 0 Å². The summed E-state index contributed by atoms with van der Waals surface area (Å²) in [5.41, 5.74) is 2.33. The summed E-state index contributed by atoms with van der Waals surface area (Å²) in [6, 6.07) is 3.62. The Morgan fingerprint density at radius 1 is 0.900 bits per heavy atom. The Morgan fingerprint density at radius 2 is 1.60 bits per heavy atom. The van der Waals surface area contributed by atoms with Crippen molar-refractivity contribution in [2.24, 2.45) is 0 Å². The Labute approximate surface area is 136 Å². The molecule has 100 valence electrons. The average Bonchev–Trinajstić information content (AvgIpc) is 2.59. The maximum absolute atomic E-state index is 8.28. The maximum atomic E-state index is 8.28. The summed E-state index contributed by atoms with van der Waals surface area (Å²) < 4.78 is 40.2. The molecule has 2 heteroatoms. The molecular weight excluding hydrogens is 287 g/mol. The first kappa shape index (κ1) is 8.71. The third kappa shape index (κ3) is 2.09.